The summed E-state index contributed by atoms with van der Waals surface area (Å²) in [5.41, 5.74) is 6.43. The summed E-state index contributed by atoms with van der Waals surface area (Å²) in [6.45, 7) is 2.66. The van der Waals surface area contributed by atoms with Crippen LogP contribution in [-0.2, 0) is 22.5 Å². The fraction of sp³-hybridized carbons (Fsp3) is 0.357. The molecule has 0 saturated carbocycles. The van der Waals surface area contributed by atoms with Gasteiger partial charge in [-0.15, -0.1) is 11.3 Å². The Labute approximate surface area is 127 Å². The van der Waals surface area contributed by atoms with Crippen LogP contribution in [0.25, 0.3) is 0 Å². The second-order valence-electron chi connectivity index (χ2n) is 4.38. The predicted octanol–water partition coefficient (Wildman–Crippen LogP) is 1.38. The molecule has 0 fully saturated rings. The van der Waals surface area contributed by atoms with E-state index in [1.807, 2.05) is 18.2 Å². The van der Waals surface area contributed by atoms with E-state index in [2.05, 4.69) is 15.3 Å². The molecule has 1 unspecified atom stereocenters. The Balaban J connectivity index is 1.99. The molecule has 2 aromatic rings. The van der Waals surface area contributed by atoms with Gasteiger partial charge in [-0.1, -0.05) is 6.07 Å². The van der Waals surface area contributed by atoms with Crippen molar-refractivity contribution >= 4 is 22.4 Å². The monoisotopic (exact) mass is 306 g/mol. The van der Waals surface area contributed by atoms with E-state index in [1.165, 1.54) is 11.3 Å². The minimum Gasteiger partial charge on any atom is -0.465 e. The maximum absolute atomic E-state index is 12.0. The Kier molecular flexibility index (Phi) is 5.65. The summed E-state index contributed by atoms with van der Waals surface area (Å²) in [4.78, 5) is 21.2. The molecule has 2 heterocycles. The number of nitrogens with one attached hydrogen (secondary N) is 1. The molecular weight excluding hydrogens is 288 g/mol. The maximum Gasteiger partial charge on any atom is 0.323 e. The van der Waals surface area contributed by atoms with Crippen LogP contribution in [0, 0.1) is 0 Å². The Hall–Kier alpha value is -1.99. The lowest BCUT2D eigenvalue weighted by atomic mass is 10.1. The highest BCUT2D eigenvalue weighted by molar-refractivity contribution is 7.15. The van der Waals surface area contributed by atoms with Crippen molar-refractivity contribution in [1.29, 1.82) is 0 Å². The minimum absolute atomic E-state index is 0.277. The summed E-state index contributed by atoms with van der Waals surface area (Å²) in [6, 6.07) is 5.19. The Morgan fingerprint density at radius 3 is 2.95 bits per heavy atom. The van der Waals surface area contributed by atoms with Gasteiger partial charge in [0, 0.05) is 35.9 Å². The first-order chi connectivity index (χ1) is 10.2. The van der Waals surface area contributed by atoms with Crippen molar-refractivity contribution in [2.75, 3.05) is 12.3 Å². The van der Waals surface area contributed by atoms with Crippen LogP contribution in [-0.4, -0.2) is 28.6 Å². The van der Waals surface area contributed by atoms with Crippen LogP contribution in [0.4, 0.5) is 5.13 Å². The van der Waals surface area contributed by atoms with Gasteiger partial charge in [-0.05, 0) is 19.1 Å². The molecule has 2 rings (SSSR count). The third-order valence-corrected chi connectivity index (χ3v) is 3.63. The average molecular weight is 306 g/mol. The number of nitrogens with two attached hydrogens (primary N) is 1. The normalized spacial score (nSPS) is 12.0. The molecule has 21 heavy (non-hydrogen) atoms. The fourth-order valence-corrected chi connectivity index (χ4v) is 2.47. The highest BCUT2D eigenvalue weighted by atomic mass is 32.1. The Morgan fingerprint density at radius 1 is 1.48 bits per heavy atom. The Morgan fingerprint density at radius 2 is 2.33 bits per heavy atom. The summed E-state index contributed by atoms with van der Waals surface area (Å²) in [7, 11) is 0. The third kappa shape index (κ3) is 4.80. The number of ether oxygens (including phenoxy) is 1. The van der Waals surface area contributed by atoms with Crippen LogP contribution in [0.5, 0.6) is 0 Å². The number of esters is 1. The maximum atomic E-state index is 12.0. The first kappa shape index (κ1) is 15.4. The molecule has 0 spiro atoms. The number of carbonyl (C=O) groups excluding carboxylic acids is 1. The van der Waals surface area contributed by atoms with Crippen molar-refractivity contribution in [3.63, 3.8) is 0 Å². The number of carbonyl (C=O) groups is 1. The van der Waals surface area contributed by atoms with Gasteiger partial charge < -0.3 is 10.5 Å². The lowest BCUT2D eigenvalue weighted by molar-refractivity contribution is -0.145. The highest BCUT2D eigenvalue weighted by Gasteiger charge is 2.20. The van der Waals surface area contributed by atoms with E-state index in [0.717, 1.165) is 10.6 Å². The largest absolute Gasteiger partial charge is 0.465 e. The molecule has 0 aliphatic rings. The molecule has 0 amide bonds. The molecule has 0 aliphatic carbocycles. The number of anilines is 1. The molecule has 6 nitrogen and oxygen atoms in total. The van der Waals surface area contributed by atoms with Crippen LogP contribution >= 0.6 is 11.3 Å². The second kappa shape index (κ2) is 7.70. The van der Waals surface area contributed by atoms with Gasteiger partial charge in [0.1, 0.15) is 6.04 Å². The van der Waals surface area contributed by atoms with Crippen molar-refractivity contribution in [2.45, 2.75) is 25.9 Å². The molecular formula is C14H18N4O2S. The van der Waals surface area contributed by atoms with Gasteiger partial charge in [-0.25, -0.2) is 4.98 Å². The first-order valence-electron chi connectivity index (χ1n) is 6.69. The van der Waals surface area contributed by atoms with E-state index >= 15 is 0 Å². The van der Waals surface area contributed by atoms with Crippen molar-refractivity contribution in [3.8, 4) is 0 Å². The summed E-state index contributed by atoms with van der Waals surface area (Å²) in [5, 5.41) is 3.70. The van der Waals surface area contributed by atoms with Gasteiger partial charge in [-0.2, -0.15) is 0 Å². The van der Waals surface area contributed by atoms with Crippen molar-refractivity contribution in [1.82, 2.24) is 15.3 Å². The van der Waals surface area contributed by atoms with Gasteiger partial charge in [0.05, 0.1) is 6.61 Å². The molecule has 2 aromatic heterocycles. The molecule has 0 aromatic carbocycles. The minimum atomic E-state index is -0.442. The van der Waals surface area contributed by atoms with E-state index in [1.54, 1.807) is 19.3 Å². The zero-order valence-corrected chi connectivity index (χ0v) is 12.6. The second-order valence-corrected chi connectivity index (χ2v) is 5.52. The molecule has 112 valence electrons. The van der Waals surface area contributed by atoms with E-state index in [9.17, 15) is 4.79 Å². The van der Waals surface area contributed by atoms with Gasteiger partial charge in [0.15, 0.2) is 5.13 Å². The van der Waals surface area contributed by atoms with Gasteiger partial charge in [0.2, 0.25) is 0 Å². The summed E-state index contributed by atoms with van der Waals surface area (Å²) in [5.74, 6) is -0.277. The van der Waals surface area contributed by atoms with Crippen LogP contribution < -0.4 is 11.1 Å². The molecule has 7 heteroatoms. The average Bonchev–Trinajstić information content (AvgIpc) is 2.90. The quantitative estimate of drug-likeness (QED) is 0.751. The SMILES string of the molecule is CCOC(=O)C(Cc1ccccn1)NCc1cnc(N)s1. The number of hydrogen-bond acceptors (Lipinski definition) is 7. The van der Waals surface area contributed by atoms with E-state index in [0.29, 0.717) is 24.7 Å². The smallest absolute Gasteiger partial charge is 0.323 e. The van der Waals surface area contributed by atoms with Gasteiger partial charge in [0.25, 0.3) is 0 Å². The zero-order chi connectivity index (χ0) is 15.1. The number of aromatic nitrogens is 2. The predicted molar refractivity (Wildman–Crippen MR) is 81.7 cm³/mol. The third-order valence-electron chi connectivity index (χ3n) is 2.80. The number of nitrogen functional groups attached to an aromatic ring is 1. The van der Waals surface area contributed by atoms with Gasteiger partial charge >= 0.3 is 5.97 Å². The van der Waals surface area contributed by atoms with E-state index < -0.39 is 6.04 Å². The van der Waals surface area contributed by atoms with E-state index in [4.69, 9.17) is 10.5 Å². The molecule has 0 saturated heterocycles. The number of thiazole rings is 1. The standard InChI is InChI=1S/C14H18N4O2S/c1-2-20-13(19)12(7-10-5-3-4-6-16-10)17-8-11-9-18-14(15)21-11/h3-6,9,12,17H,2,7-8H2,1H3,(H2,15,18). The topological polar surface area (TPSA) is 90.1 Å². The lowest BCUT2D eigenvalue weighted by Gasteiger charge is -2.16. The Bertz CT molecular complexity index is 573. The first-order valence-corrected chi connectivity index (χ1v) is 7.50. The number of rotatable bonds is 7. The summed E-state index contributed by atoms with van der Waals surface area (Å²) in [6.07, 6.45) is 3.89. The molecule has 0 bridgehead atoms. The molecule has 3 N–H and O–H groups in total. The number of nitrogens with zero attached hydrogens (tertiary/aromatic N) is 2. The lowest BCUT2D eigenvalue weighted by Crippen LogP contribution is -2.39. The van der Waals surface area contributed by atoms with Gasteiger partial charge in [-0.3, -0.25) is 15.1 Å². The zero-order valence-electron chi connectivity index (χ0n) is 11.8. The molecule has 0 aliphatic heterocycles. The summed E-state index contributed by atoms with van der Waals surface area (Å²) >= 11 is 1.40. The van der Waals surface area contributed by atoms with Crippen molar-refractivity contribution in [2.24, 2.45) is 0 Å². The van der Waals surface area contributed by atoms with Crippen LogP contribution in [0.2, 0.25) is 0 Å². The van der Waals surface area contributed by atoms with Crippen LogP contribution in [0.15, 0.2) is 30.6 Å². The molecule has 1 atom stereocenters. The van der Waals surface area contributed by atoms with Crippen LogP contribution in [0.1, 0.15) is 17.5 Å². The molecule has 0 radical (unpaired) electrons. The van der Waals surface area contributed by atoms with Crippen molar-refractivity contribution in [3.05, 3.63) is 41.2 Å². The van der Waals surface area contributed by atoms with Crippen LogP contribution in [0.3, 0.4) is 0 Å². The van der Waals surface area contributed by atoms with Crippen molar-refractivity contribution < 1.29 is 9.53 Å². The number of hydrogen-bond donors (Lipinski definition) is 2. The fourth-order valence-electron chi connectivity index (χ4n) is 1.84. The van der Waals surface area contributed by atoms with E-state index in [-0.39, 0.29) is 5.97 Å². The number of pyridine rings is 1. The highest BCUT2D eigenvalue weighted by Crippen LogP contribution is 2.14. The summed E-state index contributed by atoms with van der Waals surface area (Å²) < 4.78 is 5.10.